The van der Waals surface area contributed by atoms with Crippen LogP contribution in [-0.2, 0) is 0 Å². The summed E-state index contributed by atoms with van der Waals surface area (Å²) in [6, 6.07) is 73.1. The van der Waals surface area contributed by atoms with E-state index in [1.54, 1.807) is 0 Å². The average molecular weight is 830 g/mol. The van der Waals surface area contributed by atoms with E-state index < -0.39 is 0 Å². The molecule has 8 aromatic carbocycles. The van der Waals surface area contributed by atoms with Gasteiger partial charge in [-0.2, -0.15) is 0 Å². The van der Waals surface area contributed by atoms with Gasteiger partial charge in [0.2, 0.25) is 0 Å². The molecule has 54 heavy (non-hydrogen) atoms. The van der Waals surface area contributed by atoms with Crippen molar-refractivity contribution in [2.24, 2.45) is 0 Å². The molecule has 0 aliphatic rings. The van der Waals surface area contributed by atoms with E-state index in [1.807, 2.05) is 48.5 Å². The zero-order valence-corrected chi connectivity index (χ0v) is 32.4. The molecule has 8 aromatic rings. The second kappa shape index (κ2) is 16.3. The minimum atomic E-state index is 0.714. The second-order valence-corrected chi connectivity index (χ2v) is 14.4. The number of rotatable bonds is 11. The Morgan fingerprint density at radius 3 is 0.981 bits per heavy atom. The molecular formula is C48H35Br2N3O. The van der Waals surface area contributed by atoms with Gasteiger partial charge in [-0.15, -0.1) is 0 Å². The Kier molecular flexibility index (Phi) is 10.6. The number of ether oxygens (including phenoxy) is 1. The molecule has 0 aliphatic carbocycles. The fraction of sp³-hybridized carbons (Fsp3) is 0. The van der Waals surface area contributed by atoms with Crippen LogP contribution in [0, 0.1) is 0 Å². The first-order chi connectivity index (χ1) is 26.6. The van der Waals surface area contributed by atoms with Crippen LogP contribution in [0.1, 0.15) is 0 Å². The highest BCUT2D eigenvalue weighted by Gasteiger charge is 2.19. The lowest BCUT2D eigenvalue weighted by molar-refractivity contribution is 0.482. The molecule has 0 amide bonds. The Morgan fingerprint density at radius 2 is 0.574 bits per heavy atom. The van der Waals surface area contributed by atoms with E-state index in [1.165, 1.54) is 0 Å². The molecule has 0 atom stereocenters. The van der Waals surface area contributed by atoms with E-state index in [2.05, 4.69) is 210 Å². The first-order valence-electron chi connectivity index (χ1n) is 17.6. The molecule has 0 bridgehead atoms. The Hall–Kier alpha value is -6.08. The zero-order chi connectivity index (χ0) is 36.7. The van der Waals surface area contributed by atoms with Gasteiger partial charge in [-0.25, -0.2) is 0 Å². The molecule has 0 aliphatic heterocycles. The molecule has 0 saturated heterocycles. The summed E-state index contributed by atoms with van der Waals surface area (Å²) in [5.41, 5.74) is 9.22. The third kappa shape index (κ3) is 7.96. The van der Waals surface area contributed by atoms with Crippen molar-refractivity contribution in [3.63, 3.8) is 0 Å². The standard InChI is InChI=1S/C48H35Br2N3O/c49-36-29-44(51(38-17-6-1-7-18-38)39-19-8-2-9-20-39)33-45(30-36)53(42-25-14-5-15-26-42)43-27-16-28-47(34-43)54-48-32-37(50)31-46(35-48)52(40-21-10-3-11-22-40)41-23-12-4-13-24-41/h1-35H. The summed E-state index contributed by atoms with van der Waals surface area (Å²) in [6.45, 7) is 0. The van der Waals surface area contributed by atoms with E-state index in [0.29, 0.717) is 11.5 Å². The summed E-state index contributed by atoms with van der Waals surface area (Å²) in [5.74, 6) is 1.43. The van der Waals surface area contributed by atoms with Crippen LogP contribution in [0.5, 0.6) is 11.5 Å². The number of benzene rings is 8. The van der Waals surface area contributed by atoms with Crippen molar-refractivity contribution in [3.8, 4) is 11.5 Å². The molecule has 4 nitrogen and oxygen atoms in total. The van der Waals surface area contributed by atoms with Crippen molar-refractivity contribution in [1.82, 2.24) is 0 Å². The monoisotopic (exact) mass is 827 g/mol. The van der Waals surface area contributed by atoms with Crippen molar-refractivity contribution >= 4 is 83.0 Å². The molecule has 262 valence electrons. The first-order valence-corrected chi connectivity index (χ1v) is 19.2. The summed E-state index contributed by atoms with van der Waals surface area (Å²) in [6.07, 6.45) is 0. The molecule has 0 N–H and O–H groups in total. The molecule has 0 aromatic heterocycles. The molecule has 0 spiro atoms. The minimum absolute atomic E-state index is 0.714. The molecule has 8 rings (SSSR count). The van der Waals surface area contributed by atoms with Crippen LogP contribution in [0.2, 0.25) is 0 Å². The number of para-hydroxylation sites is 5. The molecule has 6 heteroatoms. The van der Waals surface area contributed by atoms with Gasteiger partial charge in [-0.05, 0) is 103 Å². The van der Waals surface area contributed by atoms with Gasteiger partial charge in [0, 0.05) is 66.6 Å². The highest BCUT2D eigenvalue weighted by atomic mass is 79.9. The number of hydrogen-bond donors (Lipinski definition) is 0. The van der Waals surface area contributed by atoms with E-state index in [-0.39, 0.29) is 0 Å². The predicted octanol–water partition coefficient (Wildman–Crippen LogP) is 15.4. The lowest BCUT2D eigenvalue weighted by atomic mass is 10.1. The highest BCUT2D eigenvalue weighted by Crippen LogP contribution is 2.44. The molecule has 0 unspecified atom stereocenters. The van der Waals surface area contributed by atoms with Gasteiger partial charge < -0.3 is 19.4 Å². The molecule has 0 radical (unpaired) electrons. The highest BCUT2D eigenvalue weighted by molar-refractivity contribution is 9.10. The lowest BCUT2D eigenvalue weighted by Crippen LogP contribution is -2.13. The van der Waals surface area contributed by atoms with Crippen molar-refractivity contribution in [2.45, 2.75) is 0 Å². The van der Waals surface area contributed by atoms with Crippen LogP contribution in [0.15, 0.2) is 221 Å². The van der Waals surface area contributed by atoms with Crippen LogP contribution in [0.25, 0.3) is 0 Å². The number of halogens is 2. The van der Waals surface area contributed by atoms with Crippen molar-refractivity contribution < 1.29 is 4.74 Å². The van der Waals surface area contributed by atoms with E-state index in [9.17, 15) is 0 Å². The van der Waals surface area contributed by atoms with Crippen LogP contribution in [-0.4, -0.2) is 0 Å². The molecule has 0 fully saturated rings. The SMILES string of the molecule is Brc1cc(Oc2cccc(N(c3ccccc3)c3cc(Br)cc(N(c4ccccc4)c4ccccc4)c3)c2)cc(N(c2ccccc2)c2ccccc2)c1. The van der Waals surface area contributed by atoms with E-state index in [0.717, 1.165) is 60.1 Å². The Labute approximate surface area is 333 Å². The van der Waals surface area contributed by atoms with Gasteiger partial charge in [0.15, 0.2) is 0 Å². The van der Waals surface area contributed by atoms with Gasteiger partial charge in [0.25, 0.3) is 0 Å². The summed E-state index contributed by atoms with van der Waals surface area (Å²) >= 11 is 7.65. The summed E-state index contributed by atoms with van der Waals surface area (Å²) < 4.78 is 8.56. The lowest BCUT2D eigenvalue weighted by Gasteiger charge is -2.30. The van der Waals surface area contributed by atoms with Gasteiger partial charge in [0.1, 0.15) is 11.5 Å². The van der Waals surface area contributed by atoms with Gasteiger partial charge in [-0.1, -0.05) is 129 Å². The van der Waals surface area contributed by atoms with Crippen LogP contribution >= 0.6 is 31.9 Å². The smallest absolute Gasteiger partial charge is 0.130 e. The predicted molar refractivity (Wildman–Crippen MR) is 232 cm³/mol. The molecule has 0 heterocycles. The maximum Gasteiger partial charge on any atom is 0.130 e. The van der Waals surface area contributed by atoms with Gasteiger partial charge in [-0.3, -0.25) is 0 Å². The van der Waals surface area contributed by atoms with Crippen LogP contribution < -0.4 is 19.4 Å². The number of hydrogen-bond acceptors (Lipinski definition) is 4. The maximum atomic E-state index is 6.68. The van der Waals surface area contributed by atoms with Crippen LogP contribution in [0.4, 0.5) is 51.2 Å². The van der Waals surface area contributed by atoms with Gasteiger partial charge in [0.05, 0.1) is 5.69 Å². The van der Waals surface area contributed by atoms with E-state index in [4.69, 9.17) is 4.74 Å². The topological polar surface area (TPSA) is 19.0 Å². The second-order valence-electron chi connectivity index (χ2n) is 12.6. The van der Waals surface area contributed by atoms with Crippen molar-refractivity contribution in [1.29, 1.82) is 0 Å². The summed E-state index contributed by atoms with van der Waals surface area (Å²) in [5, 5.41) is 0. The van der Waals surface area contributed by atoms with Gasteiger partial charge >= 0.3 is 0 Å². The number of anilines is 9. The van der Waals surface area contributed by atoms with Crippen molar-refractivity contribution in [2.75, 3.05) is 14.7 Å². The Balaban J connectivity index is 1.19. The fourth-order valence-corrected chi connectivity index (χ4v) is 7.53. The van der Waals surface area contributed by atoms with Crippen molar-refractivity contribution in [3.05, 3.63) is 221 Å². The third-order valence-corrected chi connectivity index (χ3v) is 9.80. The molecule has 0 saturated carbocycles. The fourth-order valence-electron chi connectivity index (χ4n) is 6.60. The Bertz CT molecular complexity index is 2370. The Morgan fingerprint density at radius 1 is 0.259 bits per heavy atom. The number of nitrogens with zero attached hydrogens (tertiary/aromatic N) is 3. The average Bonchev–Trinajstić information content (AvgIpc) is 3.20. The third-order valence-electron chi connectivity index (χ3n) is 8.88. The van der Waals surface area contributed by atoms with E-state index >= 15 is 0 Å². The minimum Gasteiger partial charge on any atom is -0.457 e. The quantitative estimate of drug-likeness (QED) is 0.129. The van der Waals surface area contributed by atoms with Crippen LogP contribution in [0.3, 0.4) is 0 Å². The maximum absolute atomic E-state index is 6.68. The summed E-state index contributed by atoms with van der Waals surface area (Å²) in [4.78, 5) is 6.76. The normalized spacial score (nSPS) is 10.8. The first kappa shape index (κ1) is 35.0. The molecular weight excluding hydrogens is 794 g/mol. The zero-order valence-electron chi connectivity index (χ0n) is 29.2. The summed E-state index contributed by atoms with van der Waals surface area (Å²) in [7, 11) is 0. The largest absolute Gasteiger partial charge is 0.457 e.